The van der Waals surface area contributed by atoms with Crippen LogP contribution in [0.15, 0.2) is 41.1 Å². The highest BCUT2D eigenvalue weighted by Crippen LogP contribution is 2.20. The summed E-state index contributed by atoms with van der Waals surface area (Å²) in [7, 11) is 0. The molecule has 116 valence electrons. The van der Waals surface area contributed by atoms with Gasteiger partial charge in [0, 0.05) is 25.1 Å². The van der Waals surface area contributed by atoms with E-state index in [9.17, 15) is 9.18 Å². The number of nitrogens with zero attached hydrogens (tertiary/aromatic N) is 2. The highest BCUT2D eigenvalue weighted by atomic mass is 19.1. The van der Waals surface area contributed by atoms with Crippen molar-refractivity contribution in [1.29, 1.82) is 0 Å². The number of hydrogen-bond donors (Lipinski definition) is 0. The van der Waals surface area contributed by atoms with Gasteiger partial charge < -0.3 is 14.2 Å². The molecule has 0 N–H and O–H groups in total. The van der Waals surface area contributed by atoms with Crippen LogP contribution >= 0.6 is 0 Å². The number of carbonyl (C=O) groups excluding carboxylic acids is 1. The Morgan fingerprint density at radius 2 is 2.18 bits per heavy atom. The third-order valence-corrected chi connectivity index (χ3v) is 3.76. The molecule has 1 amide bonds. The molecule has 0 bridgehead atoms. The predicted octanol–water partition coefficient (Wildman–Crippen LogP) is 2.74. The van der Waals surface area contributed by atoms with Crippen LogP contribution in [-0.2, 0) is 0 Å². The molecule has 1 aromatic heterocycles. The second-order valence-corrected chi connectivity index (χ2v) is 5.41. The molecular formula is C16H17FN2O3. The van der Waals surface area contributed by atoms with Crippen molar-refractivity contribution >= 4 is 5.91 Å². The number of carbonyl (C=O) groups is 1. The standard InChI is InChI=1S/C16H17FN2O3/c17-13-3-5-14(6-4-13)21-11-12-2-1-8-19(10-12)16(20)15-7-9-22-18-15/h3-7,9,12H,1-2,8,10-11H2/t12-/m1/s1. The Hall–Kier alpha value is -2.37. The van der Waals surface area contributed by atoms with E-state index in [0.717, 1.165) is 19.4 Å². The van der Waals surface area contributed by atoms with E-state index < -0.39 is 0 Å². The zero-order valence-corrected chi connectivity index (χ0v) is 12.1. The number of likely N-dealkylation sites (tertiary alicyclic amines) is 1. The van der Waals surface area contributed by atoms with Crippen molar-refractivity contribution < 1.29 is 18.4 Å². The molecule has 6 heteroatoms. The average molecular weight is 304 g/mol. The molecule has 0 aliphatic carbocycles. The van der Waals surface area contributed by atoms with Gasteiger partial charge in [-0.3, -0.25) is 4.79 Å². The molecule has 1 fully saturated rings. The summed E-state index contributed by atoms with van der Waals surface area (Å²) in [5, 5.41) is 3.69. The Kier molecular flexibility index (Phi) is 4.37. The molecule has 1 aliphatic rings. The molecule has 2 aromatic rings. The van der Waals surface area contributed by atoms with Crippen molar-refractivity contribution in [2.45, 2.75) is 12.8 Å². The Labute approximate surface area is 127 Å². The molecule has 3 rings (SSSR count). The van der Waals surface area contributed by atoms with Gasteiger partial charge in [-0.2, -0.15) is 0 Å². The largest absolute Gasteiger partial charge is 0.493 e. The number of halogens is 1. The van der Waals surface area contributed by atoms with Crippen LogP contribution in [-0.4, -0.2) is 35.7 Å². The van der Waals surface area contributed by atoms with Gasteiger partial charge in [-0.1, -0.05) is 5.16 Å². The lowest BCUT2D eigenvalue weighted by molar-refractivity contribution is 0.0623. The maximum absolute atomic E-state index is 12.8. The predicted molar refractivity (Wildman–Crippen MR) is 77.0 cm³/mol. The molecule has 22 heavy (non-hydrogen) atoms. The highest BCUT2D eigenvalue weighted by Gasteiger charge is 2.26. The van der Waals surface area contributed by atoms with Crippen molar-refractivity contribution in [2.24, 2.45) is 5.92 Å². The number of ether oxygens (including phenoxy) is 1. The van der Waals surface area contributed by atoms with Crippen molar-refractivity contribution in [3.63, 3.8) is 0 Å². The zero-order valence-electron chi connectivity index (χ0n) is 12.1. The number of hydrogen-bond acceptors (Lipinski definition) is 4. The third-order valence-electron chi connectivity index (χ3n) is 3.76. The lowest BCUT2D eigenvalue weighted by atomic mass is 9.98. The fourth-order valence-electron chi connectivity index (χ4n) is 2.62. The molecule has 0 unspecified atom stereocenters. The highest BCUT2D eigenvalue weighted by molar-refractivity contribution is 5.92. The molecule has 5 nitrogen and oxygen atoms in total. The van der Waals surface area contributed by atoms with Crippen molar-refractivity contribution in [2.75, 3.05) is 19.7 Å². The van der Waals surface area contributed by atoms with Gasteiger partial charge in [0.25, 0.3) is 5.91 Å². The number of amides is 1. The fourth-order valence-corrected chi connectivity index (χ4v) is 2.62. The maximum Gasteiger partial charge on any atom is 0.276 e. The van der Waals surface area contributed by atoms with Crippen LogP contribution < -0.4 is 4.74 Å². The first-order chi connectivity index (χ1) is 10.7. The lowest BCUT2D eigenvalue weighted by Crippen LogP contribution is -2.41. The van der Waals surface area contributed by atoms with Gasteiger partial charge in [-0.25, -0.2) is 4.39 Å². The van der Waals surface area contributed by atoms with E-state index in [4.69, 9.17) is 9.26 Å². The van der Waals surface area contributed by atoms with Crippen LogP contribution in [0.25, 0.3) is 0 Å². The second kappa shape index (κ2) is 6.60. The van der Waals surface area contributed by atoms with Gasteiger partial charge in [-0.05, 0) is 37.1 Å². The quantitative estimate of drug-likeness (QED) is 0.871. The van der Waals surface area contributed by atoms with Gasteiger partial charge in [0.15, 0.2) is 5.69 Å². The Bertz CT molecular complexity index is 613. The molecule has 1 atom stereocenters. The third kappa shape index (κ3) is 3.44. The monoisotopic (exact) mass is 304 g/mol. The van der Waals surface area contributed by atoms with Gasteiger partial charge in [0.05, 0.1) is 6.61 Å². The van der Waals surface area contributed by atoms with Gasteiger partial charge >= 0.3 is 0 Å². The summed E-state index contributed by atoms with van der Waals surface area (Å²) < 4.78 is 23.2. The van der Waals surface area contributed by atoms with Crippen molar-refractivity contribution in [3.05, 3.63) is 48.1 Å². The fraction of sp³-hybridized carbons (Fsp3) is 0.375. The van der Waals surface area contributed by atoms with E-state index in [-0.39, 0.29) is 17.6 Å². The van der Waals surface area contributed by atoms with Crippen LogP contribution in [0.2, 0.25) is 0 Å². The van der Waals surface area contributed by atoms with Crippen LogP contribution in [0.5, 0.6) is 5.75 Å². The minimum atomic E-state index is -0.283. The van der Waals surface area contributed by atoms with E-state index >= 15 is 0 Å². The number of rotatable bonds is 4. The summed E-state index contributed by atoms with van der Waals surface area (Å²) in [5.41, 5.74) is 0.333. The summed E-state index contributed by atoms with van der Waals surface area (Å²) in [6.45, 7) is 1.86. The molecule has 1 saturated heterocycles. The first kappa shape index (κ1) is 14.6. The Morgan fingerprint density at radius 3 is 2.91 bits per heavy atom. The van der Waals surface area contributed by atoms with Gasteiger partial charge in [0.2, 0.25) is 0 Å². The topological polar surface area (TPSA) is 55.6 Å². The normalized spacial score (nSPS) is 18.2. The maximum atomic E-state index is 12.8. The second-order valence-electron chi connectivity index (χ2n) is 5.41. The minimum Gasteiger partial charge on any atom is -0.493 e. The van der Waals surface area contributed by atoms with E-state index in [1.807, 2.05) is 0 Å². The summed E-state index contributed by atoms with van der Waals surface area (Å²) in [6.07, 6.45) is 3.33. The SMILES string of the molecule is O=C(c1ccon1)N1CCC[C@@H](COc2ccc(F)cc2)C1. The van der Waals surface area contributed by atoms with Crippen LogP contribution in [0.4, 0.5) is 4.39 Å². The summed E-state index contributed by atoms with van der Waals surface area (Å²) in [6, 6.07) is 7.53. The molecule has 1 aliphatic heterocycles. The van der Waals surface area contributed by atoms with Crippen molar-refractivity contribution in [3.8, 4) is 5.75 Å². The molecular weight excluding hydrogens is 287 g/mol. The molecule has 0 radical (unpaired) electrons. The van der Waals surface area contributed by atoms with Crippen LogP contribution in [0.3, 0.4) is 0 Å². The van der Waals surface area contributed by atoms with E-state index in [0.29, 0.717) is 24.6 Å². The minimum absolute atomic E-state index is 0.111. The zero-order chi connectivity index (χ0) is 15.4. The van der Waals surface area contributed by atoms with Crippen LogP contribution in [0, 0.1) is 11.7 Å². The molecule has 0 saturated carbocycles. The average Bonchev–Trinajstić information content (AvgIpc) is 3.08. The summed E-state index contributed by atoms with van der Waals surface area (Å²) in [5.74, 6) is 0.505. The number of aromatic nitrogens is 1. The summed E-state index contributed by atoms with van der Waals surface area (Å²) >= 11 is 0. The summed E-state index contributed by atoms with van der Waals surface area (Å²) in [4.78, 5) is 14.0. The molecule has 0 spiro atoms. The smallest absolute Gasteiger partial charge is 0.276 e. The van der Waals surface area contributed by atoms with E-state index in [1.54, 1.807) is 23.1 Å². The van der Waals surface area contributed by atoms with Crippen LogP contribution in [0.1, 0.15) is 23.3 Å². The van der Waals surface area contributed by atoms with Crippen molar-refractivity contribution in [1.82, 2.24) is 10.1 Å². The Morgan fingerprint density at radius 1 is 1.36 bits per heavy atom. The lowest BCUT2D eigenvalue weighted by Gasteiger charge is -2.32. The number of benzene rings is 1. The van der Waals surface area contributed by atoms with E-state index in [2.05, 4.69) is 5.16 Å². The molecule has 2 heterocycles. The van der Waals surface area contributed by atoms with Gasteiger partial charge in [-0.15, -0.1) is 0 Å². The Balaban J connectivity index is 1.54. The first-order valence-electron chi connectivity index (χ1n) is 7.30. The van der Waals surface area contributed by atoms with Gasteiger partial charge in [0.1, 0.15) is 17.8 Å². The molecule has 1 aromatic carbocycles. The van der Waals surface area contributed by atoms with E-state index in [1.165, 1.54) is 18.4 Å². The number of piperidine rings is 1. The first-order valence-corrected chi connectivity index (χ1v) is 7.30.